The summed E-state index contributed by atoms with van der Waals surface area (Å²) >= 11 is 0. The van der Waals surface area contributed by atoms with E-state index in [-0.39, 0.29) is 51.2 Å². The van der Waals surface area contributed by atoms with E-state index in [4.69, 9.17) is 20.6 Å². The summed E-state index contributed by atoms with van der Waals surface area (Å²) in [5.74, 6) is -0.930. The Bertz CT molecular complexity index is 722. The van der Waals surface area contributed by atoms with E-state index < -0.39 is 10.8 Å². The molecule has 0 atom stereocenters. The van der Waals surface area contributed by atoms with Gasteiger partial charge in [-0.25, -0.2) is 0 Å². The van der Waals surface area contributed by atoms with Crippen molar-refractivity contribution in [1.82, 2.24) is 0 Å². The molecule has 2 rings (SSSR count). The first-order valence-corrected chi connectivity index (χ1v) is 8.77. The Morgan fingerprint density at radius 2 is 1.15 bits per heavy atom. The molecule has 0 aromatic heterocycles. The Morgan fingerprint density at radius 3 is 1.37 bits per heavy atom. The van der Waals surface area contributed by atoms with Gasteiger partial charge in [0.05, 0.1) is 12.4 Å². The molecule has 0 saturated carbocycles. The minimum atomic E-state index is -0.611. The molecule has 0 aliphatic rings. The van der Waals surface area contributed by atoms with Gasteiger partial charge in [0.25, 0.3) is 0 Å². The first kappa shape index (κ1) is 26.5. The predicted molar refractivity (Wildman–Crippen MR) is 93.9 cm³/mol. The van der Waals surface area contributed by atoms with Crippen LogP contribution >= 0.6 is 0 Å². The van der Waals surface area contributed by atoms with Crippen LogP contribution in [0, 0.1) is 0 Å². The maximum absolute atomic E-state index is 10.9. The van der Waals surface area contributed by atoms with Crippen molar-refractivity contribution in [2.75, 3.05) is 12.5 Å². The van der Waals surface area contributed by atoms with Crippen LogP contribution in [0.3, 0.4) is 0 Å². The molecule has 0 fully saturated rings. The van der Waals surface area contributed by atoms with Crippen molar-refractivity contribution in [3.8, 4) is 23.0 Å². The van der Waals surface area contributed by atoms with Crippen LogP contribution < -0.4 is 10.2 Å². The third-order valence-electron chi connectivity index (χ3n) is 2.39. The van der Waals surface area contributed by atoms with E-state index in [9.17, 15) is 14.4 Å². The summed E-state index contributed by atoms with van der Waals surface area (Å²) in [6.07, 6.45) is 5.31. The number of phenols is 2. The largest absolute Gasteiger partial charge is 2.00 e. The third-order valence-corrected chi connectivity index (χ3v) is 2.39. The van der Waals surface area contributed by atoms with Gasteiger partial charge in [-0.15, -0.1) is 0 Å². The summed E-state index contributed by atoms with van der Waals surface area (Å²) in [6.45, 7) is 0. The SMILES string of the molecule is CS(C)=O.[Cu+2].[O-]c1cc(O)ccc1/C=N/O.[O-]c1cc(O)ccc1/C=N/O. The van der Waals surface area contributed by atoms with Crippen molar-refractivity contribution in [2.24, 2.45) is 10.3 Å². The molecular formula is C16H18CuN2O7S. The monoisotopic (exact) mass is 445 g/mol. The molecule has 151 valence electrons. The summed E-state index contributed by atoms with van der Waals surface area (Å²) in [5.41, 5.74) is 0.482. The molecular weight excluding hydrogens is 428 g/mol. The fraction of sp³-hybridized carbons (Fsp3) is 0.125. The molecule has 1 radical (unpaired) electrons. The topological polar surface area (TPSA) is 169 Å². The number of hydrogen-bond acceptors (Lipinski definition) is 9. The molecule has 0 heterocycles. The van der Waals surface area contributed by atoms with Gasteiger partial charge in [-0.1, -0.05) is 33.9 Å². The van der Waals surface area contributed by atoms with Crippen LogP contribution in [0.1, 0.15) is 11.1 Å². The zero-order valence-corrected chi connectivity index (χ0v) is 16.0. The number of rotatable bonds is 2. The maximum atomic E-state index is 10.9. The van der Waals surface area contributed by atoms with Gasteiger partial charge in [0, 0.05) is 23.3 Å². The quantitative estimate of drug-likeness (QED) is 0.226. The number of nitrogens with zero attached hydrogens (tertiary/aromatic N) is 2. The molecule has 0 amide bonds. The van der Waals surface area contributed by atoms with Crippen molar-refractivity contribution in [3.05, 3.63) is 47.5 Å². The first-order valence-electron chi connectivity index (χ1n) is 6.81. The second-order valence-electron chi connectivity index (χ2n) is 4.67. The Labute approximate surface area is 168 Å². The van der Waals surface area contributed by atoms with Crippen LogP contribution in [-0.4, -0.2) is 49.8 Å². The maximum Gasteiger partial charge on any atom is 2.00 e. The van der Waals surface area contributed by atoms with E-state index in [2.05, 4.69) is 10.3 Å². The smallest absolute Gasteiger partial charge is 0.872 e. The van der Waals surface area contributed by atoms with E-state index >= 15 is 0 Å². The van der Waals surface area contributed by atoms with Gasteiger partial charge in [-0.05, 0) is 35.4 Å². The van der Waals surface area contributed by atoms with E-state index in [0.717, 1.165) is 24.6 Å². The molecule has 0 saturated heterocycles. The normalized spacial score (nSPS) is 9.89. The van der Waals surface area contributed by atoms with Gasteiger partial charge < -0.3 is 30.8 Å². The van der Waals surface area contributed by atoms with Gasteiger partial charge in [0.15, 0.2) is 0 Å². The molecule has 0 aliphatic carbocycles. The molecule has 0 spiro atoms. The molecule has 27 heavy (non-hydrogen) atoms. The minimum absolute atomic E-state index is 0. The van der Waals surface area contributed by atoms with Crippen LogP contribution in [0.5, 0.6) is 23.0 Å². The van der Waals surface area contributed by atoms with Gasteiger partial charge in [-0.2, -0.15) is 0 Å². The van der Waals surface area contributed by atoms with Gasteiger partial charge in [0.1, 0.15) is 11.5 Å². The predicted octanol–water partition coefficient (Wildman–Crippen LogP) is 0.540. The molecule has 0 bridgehead atoms. The van der Waals surface area contributed by atoms with Crippen LogP contribution in [0.4, 0.5) is 0 Å². The molecule has 0 unspecified atom stereocenters. The summed E-state index contributed by atoms with van der Waals surface area (Å²) in [6, 6.07) is 7.54. The first-order chi connectivity index (χ1) is 12.2. The van der Waals surface area contributed by atoms with Crippen molar-refractivity contribution >= 4 is 23.2 Å². The zero-order chi connectivity index (χ0) is 20.1. The number of hydrogen-bond donors (Lipinski definition) is 4. The number of phenolic OH excluding ortho intramolecular Hbond substituents is 2. The number of benzene rings is 2. The average Bonchev–Trinajstić information content (AvgIpc) is 2.53. The fourth-order valence-electron chi connectivity index (χ4n) is 1.38. The van der Waals surface area contributed by atoms with Crippen LogP contribution in [0.2, 0.25) is 0 Å². The summed E-state index contributed by atoms with van der Waals surface area (Å²) in [7, 11) is -0.611. The number of aromatic hydroxyl groups is 2. The van der Waals surface area contributed by atoms with Crippen LogP contribution in [0.15, 0.2) is 46.7 Å². The fourth-order valence-corrected chi connectivity index (χ4v) is 1.38. The molecule has 2 aromatic rings. The Balaban J connectivity index is 0. The number of oxime groups is 2. The van der Waals surface area contributed by atoms with Crippen molar-refractivity contribution in [3.63, 3.8) is 0 Å². The second kappa shape index (κ2) is 14.4. The van der Waals surface area contributed by atoms with E-state index in [1.165, 1.54) is 24.3 Å². The van der Waals surface area contributed by atoms with Crippen LogP contribution in [0.25, 0.3) is 0 Å². The standard InChI is InChI=1S/2C7H7NO3.C2H6OS.Cu/c2*9-6-2-1-5(4-8-11)7(10)3-6;1-4(2)3;/h2*1-4,9-11H;1-2H3;/q;;;+2/p-2/b2*8-4+;;. The second-order valence-corrected chi connectivity index (χ2v) is 6.16. The van der Waals surface area contributed by atoms with Crippen molar-refractivity contribution in [1.29, 1.82) is 0 Å². The Morgan fingerprint density at radius 1 is 0.852 bits per heavy atom. The van der Waals surface area contributed by atoms with Gasteiger partial charge in [-0.3, -0.25) is 4.21 Å². The van der Waals surface area contributed by atoms with E-state index in [1.54, 1.807) is 12.5 Å². The summed E-state index contributed by atoms with van der Waals surface area (Å²) in [5, 5.41) is 60.9. The Hall–Kier alpha value is -2.75. The van der Waals surface area contributed by atoms with Gasteiger partial charge in [0.2, 0.25) is 0 Å². The molecule has 11 heteroatoms. The average molecular weight is 446 g/mol. The Kier molecular flexibility index (Phi) is 14.1. The van der Waals surface area contributed by atoms with E-state index in [0.29, 0.717) is 0 Å². The van der Waals surface area contributed by atoms with Crippen LogP contribution in [-0.2, 0) is 27.9 Å². The summed E-state index contributed by atoms with van der Waals surface area (Å²) in [4.78, 5) is 0. The zero-order valence-electron chi connectivity index (χ0n) is 14.2. The molecule has 0 aliphatic heterocycles. The summed E-state index contributed by atoms with van der Waals surface area (Å²) < 4.78 is 9.56. The van der Waals surface area contributed by atoms with Gasteiger partial charge >= 0.3 is 17.1 Å². The molecule has 9 nitrogen and oxygen atoms in total. The van der Waals surface area contributed by atoms with Crippen molar-refractivity contribution < 1.29 is 52.1 Å². The third kappa shape index (κ3) is 12.3. The van der Waals surface area contributed by atoms with Crippen molar-refractivity contribution in [2.45, 2.75) is 0 Å². The molecule has 4 N–H and O–H groups in total. The molecule has 2 aromatic carbocycles. The minimum Gasteiger partial charge on any atom is -0.872 e. The van der Waals surface area contributed by atoms with E-state index in [1.807, 2.05) is 0 Å².